The van der Waals surface area contributed by atoms with E-state index >= 15 is 0 Å². The number of amides is 1. The molecule has 5 nitrogen and oxygen atoms in total. The summed E-state index contributed by atoms with van der Waals surface area (Å²) in [5, 5.41) is 11.9. The molecular weight excluding hydrogens is 312 g/mol. The second-order valence-corrected chi connectivity index (χ2v) is 7.58. The lowest BCUT2D eigenvalue weighted by Gasteiger charge is -2.42. The molecule has 0 radical (unpaired) electrons. The number of nitrogens with zero attached hydrogens (tertiary/aromatic N) is 1. The zero-order valence-electron chi connectivity index (χ0n) is 13.9. The van der Waals surface area contributed by atoms with E-state index in [0.717, 1.165) is 32.2 Å². The Balaban J connectivity index is 1.61. The van der Waals surface area contributed by atoms with Gasteiger partial charge in [0.25, 0.3) is 0 Å². The maximum Gasteiger partial charge on any atom is 0.317 e. The van der Waals surface area contributed by atoms with Crippen LogP contribution in [0.4, 0.5) is 0 Å². The van der Waals surface area contributed by atoms with Gasteiger partial charge in [-0.1, -0.05) is 6.92 Å². The fraction of sp³-hybridized carbons (Fsp3) is 0.647. The molecule has 0 atom stereocenters. The fourth-order valence-electron chi connectivity index (χ4n) is 3.02. The molecular formula is C17H26N2O3S. The van der Waals surface area contributed by atoms with Gasteiger partial charge in [0.1, 0.15) is 0 Å². The number of carbonyl (C=O) groups excluding carboxylic acids is 1. The summed E-state index contributed by atoms with van der Waals surface area (Å²) in [6, 6.07) is 4.75. The maximum absolute atomic E-state index is 12.0. The van der Waals surface area contributed by atoms with Crippen molar-refractivity contribution in [1.29, 1.82) is 0 Å². The number of aryl methyl sites for hydroxylation is 2. The molecule has 23 heavy (non-hydrogen) atoms. The molecule has 128 valence electrons. The van der Waals surface area contributed by atoms with Gasteiger partial charge < -0.3 is 10.4 Å². The maximum atomic E-state index is 12.0. The van der Waals surface area contributed by atoms with Gasteiger partial charge in [-0.3, -0.25) is 14.5 Å². The van der Waals surface area contributed by atoms with Gasteiger partial charge in [0, 0.05) is 28.3 Å². The highest BCUT2D eigenvalue weighted by atomic mass is 32.1. The van der Waals surface area contributed by atoms with Gasteiger partial charge in [-0.25, -0.2) is 0 Å². The second-order valence-electron chi connectivity index (χ2n) is 6.21. The van der Waals surface area contributed by atoms with Crippen LogP contribution in [-0.2, 0) is 16.0 Å². The summed E-state index contributed by atoms with van der Waals surface area (Å²) >= 11 is 1.79. The highest BCUT2D eigenvalue weighted by Crippen LogP contribution is 2.25. The second kappa shape index (κ2) is 8.45. The van der Waals surface area contributed by atoms with Crippen LogP contribution in [0, 0.1) is 6.92 Å². The van der Waals surface area contributed by atoms with Crippen LogP contribution in [0.15, 0.2) is 12.1 Å². The lowest BCUT2D eigenvalue weighted by Crippen LogP contribution is -2.54. The van der Waals surface area contributed by atoms with Gasteiger partial charge in [0.15, 0.2) is 0 Å². The normalized spacial score (nSPS) is 20.3. The van der Waals surface area contributed by atoms with E-state index < -0.39 is 5.97 Å². The molecule has 1 saturated carbocycles. The average Bonchev–Trinajstić information content (AvgIpc) is 2.85. The molecule has 1 amide bonds. The minimum Gasteiger partial charge on any atom is -0.480 e. The van der Waals surface area contributed by atoms with Crippen molar-refractivity contribution in [3.63, 3.8) is 0 Å². The number of carboxylic acid groups (broad SMARTS) is 1. The first kappa shape index (κ1) is 17.9. The molecule has 0 saturated heterocycles. The Morgan fingerprint density at radius 1 is 1.39 bits per heavy atom. The van der Waals surface area contributed by atoms with Crippen LogP contribution in [0.1, 0.15) is 42.4 Å². The van der Waals surface area contributed by atoms with Crippen molar-refractivity contribution in [2.45, 2.75) is 58.0 Å². The van der Waals surface area contributed by atoms with E-state index in [0.29, 0.717) is 6.42 Å². The number of carboxylic acids is 1. The summed E-state index contributed by atoms with van der Waals surface area (Å²) in [6.45, 7) is 4.89. The Morgan fingerprint density at radius 3 is 2.70 bits per heavy atom. The van der Waals surface area contributed by atoms with Crippen molar-refractivity contribution in [2.24, 2.45) is 0 Å². The molecule has 0 aliphatic heterocycles. The first-order chi connectivity index (χ1) is 11.0. The van der Waals surface area contributed by atoms with Crippen LogP contribution in [0.25, 0.3) is 0 Å². The molecule has 0 aromatic carbocycles. The molecule has 1 fully saturated rings. The fourth-order valence-corrected chi connectivity index (χ4v) is 3.95. The lowest BCUT2D eigenvalue weighted by molar-refractivity contribution is -0.139. The summed E-state index contributed by atoms with van der Waals surface area (Å²) in [5.74, 6) is -0.675. The molecule has 2 rings (SSSR count). The summed E-state index contributed by atoms with van der Waals surface area (Å²) in [6.07, 6.45) is 4.11. The standard InChI is InChI=1S/C17H26N2O3S/c1-3-19(11-17(21)22)14-9-13(10-14)18-16(20)6-4-5-15-8-7-12(2)23-15/h7-8,13-14H,3-6,9-11H2,1-2H3,(H,18,20)(H,21,22). The Kier molecular flexibility index (Phi) is 6.59. The van der Waals surface area contributed by atoms with Crippen LogP contribution < -0.4 is 5.32 Å². The van der Waals surface area contributed by atoms with Crippen LogP contribution >= 0.6 is 11.3 Å². The molecule has 0 spiro atoms. The molecule has 1 aromatic heterocycles. The van der Waals surface area contributed by atoms with E-state index in [1.165, 1.54) is 9.75 Å². The highest BCUT2D eigenvalue weighted by Gasteiger charge is 2.34. The number of aliphatic carboxylic acids is 1. The number of nitrogens with one attached hydrogen (secondary N) is 1. The Morgan fingerprint density at radius 2 is 2.13 bits per heavy atom. The molecule has 0 bridgehead atoms. The van der Waals surface area contributed by atoms with Crippen molar-refractivity contribution in [3.8, 4) is 0 Å². The third kappa shape index (κ3) is 5.62. The number of rotatable bonds is 9. The van der Waals surface area contributed by atoms with E-state index in [9.17, 15) is 9.59 Å². The van der Waals surface area contributed by atoms with Gasteiger partial charge >= 0.3 is 5.97 Å². The van der Waals surface area contributed by atoms with Crippen LogP contribution in [-0.4, -0.2) is 47.1 Å². The van der Waals surface area contributed by atoms with E-state index in [1.54, 1.807) is 11.3 Å². The highest BCUT2D eigenvalue weighted by molar-refractivity contribution is 7.11. The Hall–Kier alpha value is -1.40. The molecule has 1 aliphatic carbocycles. The number of thiophene rings is 1. The molecule has 0 unspecified atom stereocenters. The molecule has 1 heterocycles. The zero-order valence-corrected chi connectivity index (χ0v) is 14.7. The predicted molar refractivity (Wildman–Crippen MR) is 91.8 cm³/mol. The first-order valence-electron chi connectivity index (χ1n) is 8.28. The van der Waals surface area contributed by atoms with Crippen molar-refractivity contribution >= 4 is 23.2 Å². The SMILES string of the molecule is CCN(CC(=O)O)C1CC(NC(=O)CCCc2ccc(C)s2)C1. The van der Waals surface area contributed by atoms with Crippen LogP contribution in [0.2, 0.25) is 0 Å². The molecule has 1 aromatic rings. The van der Waals surface area contributed by atoms with Crippen molar-refractivity contribution in [1.82, 2.24) is 10.2 Å². The smallest absolute Gasteiger partial charge is 0.317 e. The largest absolute Gasteiger partial charge is 0.480 e. The predicted octanol–water partition coefficient (Wildman–Crippen LogP) is 2.43. The number of likely N-dealkylation sites (N-methyl/N-ethyl adjacent to an activating group) is 1. The third-order valence-electron chi connectivity index (χ3n) is 4.36. The summed E-state index contributed by atoms with van der Waals surface area (Å²) in [7, 11) is 0. The zero-order chi connectivity index (χ0) is 16.8. The quantitative estimate of drug-likeness (QED) is 0.725. The molecule has 2 N–H and O–H groups in total. The van der Waals surface area contributed by atoms with Crippen LogP contribution in [0.3, 0.4) is 0 Å². The summed E-state index contributed by atoms with van der Waals surface area (Å²) in [4.78, 5) is 27.4. The van der Waals surface area contributed by atoms with E-state index in [2.05, 4.69) is 24.4 Å². The monoisotopic (exact) mass is 338 g/mol. The summed E-state index contributed by atoms with van der Waals surface area (Å²) in [5.41, 5.74) is 0. The Bertz CT molecular complexity index is 538. The lowest BCUT2D eigenvalue weighted by atomic mass is 9.85. The van der Waals surface area contributed by atoms with Crippen molar-refractivity contribution < 1.29 is 14.7 Å². The number of hydrogen-bond donors (Lipinski definition) is 2. The van der Waals surface area contributed by atoms with Gasteiger partial charge in [0.05, 0.1) is 6.54 Å². The minimum atomic E-state index is -0.789. The Labute approximate surface area is 141 Å². The molecule has 1 aliphatic rings. The van der Waals surface area contributed by atoms with Gasteiger partial charge in [0.2, 0.25) is 5.91 Å². The first-order valence-corrected chi connectivity index (χ1v) is 9.10. The van der Waals surface area contributed by atoms with Crippen molar-refractivity contribution in [3.05, 3.63) is 21.9 Å². The number of carbonyl (C=O) groups is 2. The van der Waals surface area contributed by atoms with E-state index in [1.807, 2.05) is 11.8 Å². The third-order valence-corrected chi connectivity index (χ3v) is 5.42. The number of hydrogen-bond acceptors (Lipinski definition) is 4. The van der Waals surface area contributed by atoms with Crippen LogP contribution in [0.5, 0.6) is 0 Å². The summed E-state index contributed by atoms with van der Waals surface area (Å²) < 4.78 is 0. The average molecular weight is 338 g/mol. The van der Waals surface area contributed by atoms with Gasteiger partial charge in [-0.2, -0.15) is 0 Å². The topological polar surface area (TPSA) is 69.6 Å². The van der Waals surface area contributed by atoms with Gasteiger partial charge in [-0.05, 0) is 51.3 Å². The van der Waals surface area contributed by atoms with Crippen molar-refractivity contribution in [2.75, 3.05) is 13.1 Å². The van der Waals surface area contributed by atoms with E-state index in [4.69, 9.17) is 5.11 Å². The van der Waals surface area contributed by atoms with Gasteiger partial charge in [-0.15, -0.1) is 11.3 Å². The van der Waals surface area contributed by atoms with E-state index in [-0.39, 0.29) is 24.5 Å². The molecule has 6 heteroatoms. The minimum absolute atomic E-state index is 0.0854.